The summed E-state index contributed by atoms with van der Waals surface area (Å²) < 4.78 is 17.6. The minimum absolute atomic E-state index is 0.119. The fourth-order valence-electron chi connectivity index (χ4n) is 1.11. The first-order valence-corrected chi connectivity index (χ1v) is 4.79. The Bertz CT molecular complexity index is 418. The summed E-state index contributed by atoms with van der Waals surface area (Å²) in [6, 6.07) is 4.23. The SMILES string of the molecule is CCOC(=O)C(=O)Nc1cccc(F)c1C. The van der Waals surface area contributed by atoms with Gasteiger partial charge in [0.1, 0.15) is 5.82 Å². The van der Waals surface area contributed by atoms with Crippen molar-refractivity contribution in [3.05, 3.63) is 29.6 Å². The molecule has 0 saturated carbocycles. The first-order valence-electron chi connectivity index (χ1n) is 4.79. The lowest BCUT2D eigenvalue weighted by molar-refractivity contribution is -0.152. The largest absolute Gasteiger partial charge is 0.459 e. The van der Waals surface area contributed by atoms with Crippen molar-refractivity contribution >= 4 is 17.6 Å². The number of nitrogens with one attached hydrogen (secondary N) is 1. The number of carbonyl (C=O) groups is 2. The predicted molar refractivity (Wildman–Crippen MR) is 56.4 cm³/mol. The van der Waals surface area contributed by atoms with Gasteiger partial charge < -0.3 is 10.1 Å². The summed E-state index contributed by atoms with van der Waals surface area (Å²) in [4.78, 5) is 22.3. The molecule has 0 spiro atoms. The quantitative estimate of drug-likeness (QED) is 0.614. The lowest BCUT2D eigenvalue weighted by Crippen LogP contribution is -2.25. The van der Waals surface area contributed by atoms with Crippen LogP contribution in [0, 0.1) is 12.7 Å². The molecule has 1 aromatic carbocycles. The molecule has 0 heterocycles. The van der Waals surface area contributed by atoms with Gasteiger partial charge in [0.25, 0.3) is 0 Å². The highest BCUT2D eigenvalue weighted by Gasteiger charge is 2.16. The number of hydrogen-bond donors (Lipinski definition) is 1. The molecule has 4 nitrogen and oxygen atoms in total. The molecule has 1 rings (SSSR count). The fraction of sp³-hybridized carbons (Fsp3) is 0.273. The smallest absolute Gasteiger partial charge is 0.397 e. The Kier molecular flexibility index (Phi) is 3.99. The summed E-state index contributed by atoms with van der Waals surface area (Å²) in [5, 5.41) is 2.28. The number of carbonyl (C=O) groups excluding carboxylic acids is 2. The molecule has 0 aliphatic heterocycles. The lowest BCUT2D eigenvalue weighted by atomic mass is 10.2. The van der Waals surface area contributed by atoms with Crippen LogP contribution >= 0.6 is 0 Å². The van der Waals surface area contributed by atoms with Crippen molar-refractivity contribution in [3.63, 3.8) is 0 Å². The Balaban J connectivity index is 2.77. The van der Waals surface area contributed by atoms with E-state index < -0.39 is 17.7 Å². The molecule has 16 heavy (non-hydrogen) atoms. The van der Waals surface area contributed by atoms with E-state index in [1.165, 1.54) is 25.1 Å². The molecule has 1 amide bonds. The van der Waals surface area contributed by atoms with Crippen molar-refractivity contribution in [3.8, 4) is 0 Å². The van der Waals surface area contributed by atoms with Crippen LogP contribution in [0.2, 0.25) is 0 Å². The van der Waals surface area contributed by atoms with Crippen LogP contribution in [0.25, 0.3) is 0 Å². The van der Waals surface area contributed by atoms with Gasteiger partial charge in [-0.3, -0.25) is 4.79 Å². The van der Waals surface area contributed by atoms with Gasteiger partial charge in [-0.05, 0) is 26.0 Å². The number of amides is 1. The molecule has 5 heteroatoms. The number of esters is 1. The molecule has 0 atom stereocenters. The van der Waals surface area contributed by atoms with Crippen molar-refractivity contribution in [1.82, 2.24) is 0 Å². The van der Waals surface area contributed by atoms with Gasteiger partial charge in [0.15, 0.2) is 0 Å². The molecule has 0 bridgehead atoms. The number of halogens is 1. The minimum Gasteiger partial charge on any atom is -0.459 e. The number of hydrogen-bond acceptors (Lipinski definition) is 3. The molecule has 0 aliphatic rings. The standard InChI is InChI=1S/C11H12FNO3/c1-3-16-11(15)10(14)13-9-6-4-5-8(12)7(9)2/h4-6H,3H2,1-2H3,(H,13,14). The Morgan fingerprint density at radius 2 is 2.12 bits per heavy atom. The van der Waals surface area contributed by atoms with Crippen LogP contribution < -0.4 is 5.32 Å². The minimum atomic E-state index is -0.980. The molecule has 0 radical (unpaired) electrons. The molecule has 1 aromatic rings. The van der Waals surface area contributed by atoms with Gasteiger partial charge >= 0.3 is 11.9 Å². The average molecular weight is 225 g/mol. The van der Waals surface area contributed by atoms with Crippen molar-refractivity contribution in [1.29, 1.82) is 0 Å². The predicted octanol–water partition coefficient (Wildman–Crippen LogP) is 1.64. The van der Waals surface area contributed by atoms with Crippen molar-refractivity contribution in [2.24, 2.45) is 0 Å². The van der Waals surface area contributed by atoms with Crippen LogP contribution in [-0.4, -0.2) is 18.5 Å². The molecule has 0 saturated heterocycles. The third-order valence-electron chi connectivity index (χ3n) is 1.98. The summed E-state index contributed by atoms with van der Waals surface area (Å²) in [6.45, 7) is 3.23. The maximum absolute atomic E-state index is 13.1. The van der Waals surface area contributed by atoms with E-state index in [9.17, 15) is 14.0 Å². The highest BCUT2D eigenvalue weighted by molar-refractivity contribution is 6.37. The van der Waals surface area contributed by atoms with E-state index in [-0.39, 0.29) is 17.9 Å². The van der Waals surface area contributed by atoms with Gasteiger partial charge in [-0.15, -0.1) is 0 Å². The van der Waals surface area contributed by atoms with Crippen molar-refractivity contribution < 1.29 is 18.7 Å². The first kappa shape index (κ1) is 12.2. The van der Waals surface area contributed by atoms with Gasteiger partial charge in [-0.1, -0.05) is 6.07 Å². The fourth-order valence-corrected chi connectivity index (χ4v) is 1.11. The Hall–Kier alpha value is -1.91. The van der Waals surface area contributed by atoms with E-state index in [1.807, 2.05) is 0 Å². The summed E-state index contributed by atoms with van der Waals surface area (Å²) in [6.07, 6.45) is 0. The zero-order valence-electron chi connectivity index (χ0n) is 9.04. The normalized spacial score (nSPS) is 9.69. The average Bonchev–Trinajstić information content (AvgIpc) is 2.25. The number of benzene rings is 1. The highest BCUT2D eigenvalue weighted by atomic mass is 19.1. The molecule has 0 aliphatic carbocycles. The molecule has 86 valence electrons. The summed E-state index contributed by atoms with van der Waals surface area (Å²) in [5.74, 6) is -2.33. The second-order valence-corrected chi connectivity index (χ2v) is 3.09. The van der Waals surface area contributed by atoms with Gasteiger partial charge in [0, 0.05) is 11.3 Å². The van der Waals surface area contributed by atoms with Crippen LogP contribution in [0.5, 0.6) is 0 Å². The van der Waals surface area contributed by atoms with Gasteiger partial charge in [-0.25, -0.2) is 9.18 Å². The van der Waals surface area contributed by atoms with Crippen LogP contribution in [0.4, 0.5) is 10.1 Å². The molecular formula is C11H12FNO3. The zero-order valence-corrected chi connectivity index (χ0v) is 9.04. The van der Waals surface area contributed by atoms with Gasteiger partial charge in [-0.2, -0.15) is 0 Å². The van der Waals surface area contributed by atoms with Crippen LogP contribution in [0.1, 0.15) is 12.5 Å². The Labute approximate surface area is 92.4 Å². The summed E-state index contributed by atoms with van der Waals surface area (Å²) in [7, 11) is 0. The number of rotatable bonds is 2. The third-order valence-corrected chi connectivity index (χ3v) is 1.98. The van der Waals surface area contributed by atoms with E-state index in [1.54, 1.807) is 6.92 Å². The van der Waals surface area contributed by atoms with E-state index >= 15 is 0 Å². The molecule has 1 N–H and O–H groups in total. The van der Waals surface area contributed by atoms with E-state index in [2.05, 4.69) is 10.1 Å². The zero-order chi connectivity index (χ0) is 12.1. The second-order valence-electron chi connectivity index (χ2n) is 3.09. The lowest BCUT2D eigenvalue weighted by Gasteiger charge is -2.07. The Morgan fingerprint density at radius 1 is 1.44 bits per heavy atom. The van der Waals surface area contributed by atoms with Crippen LogP contribution in [0.3, 0.4) is 0 Å². The summed E-state index contributed by atoms with van der Waals surface area (Å²) in [5.41, 5.74) is 0.540. The van der Waals surface area contributed by atoms with Crippen LogP contribution in [0.15, 0.2) is 18.2 Å². The summed E-state index contributed by atoms with van der Waals surface area (Å²) >= 11 is 0. The Morgan fingerprint density at radius 3 is 2.75 bits per heavy atom. The molecule has 0 fully saturated rings. The van der Waals surface area contributed by atoms with Gasteiger partial charge in [0.05, 0.1) is 6.61 Å². The van der Waals surface area contributed by atoms with Gasteiger partial charge in [0.2, 0.25) is 0 Å². The highest BCUT2D eigenvalue weighted by Crippen LogP contribution is 2.17. The first-order chi connectivity index (χ1) is 7.56. The number of ether oxygens (including phenoxy) is 1. The van der Waals surface area contributed by atoms with E-state index in [0.717, 1.165) is 0 Å². The topological polar surface area (TPSA) is 55.4 Å². The number of anilines is 1. The molecule has 0 unspecified atom stereocenters. The monoisotopic (exact) mass is 225 g/mol. The van der Waals surface area contributed by atoms with Crippen molar-refractivity contribution in [2.75, 3.05) is 11.9 Å². The second kappa shape index (κ2) is 5.25. The maximum Gasteiger partial charge on any atom is 0.397 e. The van der Waals surface area contributed by atoms with Crippen molar-refractivity contribution in [2.45, 2.75) is 13.8 Å². The molecular weight excluding hydrogens is 213 g/mol. The maximum atomic E-state index is 13.1. The molecule has 0 aromatic heterocycles. The van der Waals surface area contributed by atoms with E-state index in [0.29, 0.717) is 0 Å². The van der Waals surface area contributed by atoms with Crippen LogP contribution in [-0.2, 0) is 14.3 Å². The third kappa shape index (κ3) is 2.79. The van der Waals surface area contributed by atoms with E-state index in [4.69, 9.17) is 0 Å².